The Kier molecular flexibility index (Phi) is 12.6. The second kappa shape index (κ2) is 14.9. The topological polar surface area (TPSA) is 68.3 Å². The van der Waals surface area contributed by atoms with Crippen molar-refractivity contribution < 1.29 is 76.0 Å². The van der Waals surface area contributed by atoms with E-state index in [1.807, 2.05) is 72.8 Å². The van der Waals surface area contributed by atoms with Crippen LogP contribution in [0.15, 0.2) is 107 Å². The molecule has 36 heavy (non-hydrogen) atoms. The maximum absolute atomic E-state index is 11.4. The van der Waals surface area contributed by atoms with Crippen molar-refractivity contribution in [2.75, 3.05) is 0 Å². The maximum atomic E-state index is 11.4. The average molecular weight is 531 g/mol. The molecule has 0 heterocycles. The predicted molar refractivity (Wildman–Crippen MR) is 137 cm³/mol. The van der Waals surface area contributed by atoms with Crippen molar-refractivity contribution in [3.05, 3.63) is 119 Å². The van der Waals surface area contributed by atoms with E-state index in [4.69, 9.17) is 0 Å². The largest absolute Gasteiger partial charge is 1.00 e. The summed E-state index contributed by atoms with van der Waals surface area (Å²) < 4.78 is 45.4. The molecule has 0 saturated carbocycles. The Labute approximate surface area is 259 Å². The van der Waals surface area contributed by atoms with E-state index in [0.717, 1.165) is 22.3 Å². The zero-order chi connectivity index (χ0) is 23.9. The van der Waals surface area contributed by atoms with Crippen LogP contribution in [0.25, 0.3) is 35.4 Å². The van der Waals surface area contributed by atoms with Crippen LogP contribution in [-0.4, -0.2) is 0 Å². The van der Waals surface area contributed by atoms with Gasteiger partial charge in [0.1, 0.15) is 0 Å². The Morgan fingerprint density at radius 2 is 0.750 bits per heavy atom. The minimum Gasteiger partial charge on any atom is -0.420 e. The fourth-order valence-corrected chi connectivity index (χ4v) is 4.52. The van der Waals surface area contributed by atoms with Gasteiger partial charge in [-0.05, 0) is 54.8 Å². The summed E-state index contributed by atoms with van der Waals surface area (Å²) in [6, 6.07) is 29.7. The molecule has 0 radical (unpaired) electrons. The van der Waals surface area contributed by atoms with E-state index < -0.39 is 21.4 Å². The summed E-state index contributed by atoms with van der Waals surface area (Å²) in [4.78, 5) is 0.545. The molecular weight excluding hydrogens is 510 g/mol. The van der Waals surface area contributed by atoms with E-state index >= 15 is 0 Å². The third-order valence-electron chi connectivity index (χ3n) is 5.26. The number of hydrogen-bond donors (Lipinski definition) is 0. The normalized spacial score (nSPS) is 11.1. The standard InChI is InChI=1S/C28H20O4S2.2Na/c29-33(30)27-7-3-1-5-25(27)19-13-21-9-15-23(16-10-21)24-17-11-22(12-18-24)14-20-26-6-2-4-8-28(26)34(31)32;;/h1-20H;;/q-2;2*+1. The Bertz CT molecular complexity index is 1390. The smallest absolute Gasteiger partial charge is 0.420 e. The third-order valence-corrected chi connectivity index (χ3v) is 6.72. The minimum absolute atomic E-state index is 0. The molecule has 170 valence electrons. The first kappa shape index (κ1) is 30.5. The van der Waals surface area contributed by atoms with E-state index in [2.05, 4.69) is 0 Å². The van der Waals surface area contributed by atoms with Crippen molar-refractivity contribution >= 4 is 45.7 Å². The van der Waals surface area contributed by atoms with Gasteiger partial charge in [-0.25, -0.2) is 0 Å². The van der Waals surface area contributed by atoms with Crippen LogP contribution in [0.5, 0.6) is 0 Å². The molecule has 4 aromatic rings. The third kappa shape index (κ3) is 8.13. The van der Waals surface area contributed by atoms with Crippen molar-refractivity contribution in [3.8, 4) is 11.1 Å². The molecule has 0 saturated heterocycles. The molecule has 0 aromatic heterocycles. The first-order valence-electron chi connectivity index (χ1n) is 10.4. The molecule has 0 amide bonds. The van der Waals surface area contributed by atoms with Gasteiger partial charge >= 0.3 is 59.1 Å². The molecule has 0 unspecified atom stereocenters. The fourth-order valence-electron chi connectivity index (χ4n) is 3.49. The maximum Gasteiger partial charge on any atom is 1.00 e. The molecule has 0 aliphatic carbocycles. The van der Waals surface area contributed by atoms with E-state index in [-0.39, 0.29) is 68.9 Å². The van der Waals surface area contributed by atoms with Crippen LogP contribution >= 0.6 is 0 Å². The van der Waals surface area contributed by atoms with Gasteiger partial charge in [0.05, 0.1) is 0 Å². The SMILES string of the molecule is O=[S-](=O)c1ccccc1C=Cc1ccc(-c2ccc(C=Cc3ccccc3[S-](=O)=O)cc2)cc1.[Na+].[Na+]. The van der Waals surface area contributed by atoms with Crippen LogP contribution in [0, 0.1) is 0 Å². The molecule has 0 spiro atoms. The Morgan fingerprint density at radius 3 is 1.08 bits per heavy atom. The van der Waals surface area contributed by atoms with Gasteiger partial charge in [0, 0.05) is 0 Å². The summed E-state index contributed by atoms with van der Waals surface area (Å²) in [6.45, 7) is 0. The Morgan fingerprint density at radius 1 is 0.417 bits per heavy atom. The monoisotopic (exact) mass is 530 g/mol. The first-order chi connectivity index (χ1) is 16.5. The number of rotatable bonds is 7. The van der Waals surface area contributed by atoms with Crippen LogP contribution in [0.3, 0.4) is 0 Å². The van der Waals surface area contributed by atoms with Gasteiger partial charge in [-0.1, -0.05) is 131 Å². The molecule has 0 atom stereocenters. The van der Waals surface area contributed by atoms with Crippen LogP contribution in [0.1, 0.15) is 22.3 Å². The minimum atomic E-state index is -2.28. The second-order valence-corrected chi connectivity index (χ2v) is 9.27. The van der Waals surface area contributed by atoms with E-state index in [0.29, 0.717) is 11.1 Å². The molecule has 4 nitrogen and oxygen atoms in total. The molecule has 0 aliphatic heterocycles. The number of benzene rings is 4. The summed E-state index contributed by atoms with van der Waals surface area (Å²) in [5.41, 5.74) is 5.33. The predicted octanol–water partition coefficient (Wildman–Crippen LogP) is 1.04. The van der Waals surface area contributed by atoms with Gasteiger partial charge < -0.3 is 16.8 Å². The van der Waals surface area contributed by atoms with Crippen molar-refractivity contribution in [1.82, 2.24) is 0 Å². The molecule has 8 heteroatoms. The quantitative estimate of drug-likeness (QED) is 0.204. The van der Waals surface area contributed by atoms with E-state index in [1.54, 1.807) is 48.6 Å². The van der Waals surface area contributed by atoms with Crippen molar-refractivity contribution in [2.24, 2.45) is 0 Å². The molecule has 0 aliphatic rings. The molecule has 0 fully saturated rings. The molecule has 0 bridgehead atoms. The zero-order valence-corrected chi connectivity index (χ0v) is 25.6. The average Bonchev–Trinajstić information content (AvgIpc) is 2.87. The zero-order valence-electron chi connectivity index (χ0n) is 20.0. The summed E-state index contributed by atoms with van der Waals surface area (Å²) in [5.74, 6) is 0. The van der Waals surface area contributed by atoms with Gasteiger partial charge in [0.15, 0.2) is 0 Å². The molecule has 4 rings (SSSR count). The van der Waals surface area contributed by atoms with Crippen LogP contribution in [0.2, 0.25) is 0 Å². The van der Waals surface area contributed by atoms with Crippen LogP contribution < -0.4 is 59.1 Å². The van der Waals surface area contributed by atoms with Gasteiger partial charge in [-0.15, -0.1) is 0 Å². The van der Waals surface area contributed by atoms with Crippen molar-refractivity contribution in [1.29, 1.82) is 0 Å². The van der Waals surface area contributed by atoms with Crippen LogP contribution in [0.4, 0.5) is 0 Å². The van der Waals surface area contributed by atoms with Gasteiger partial charge in [-0.2, -0.15) is 0 Å². The van der Waals surface area contributed by atoms with Gasteiger partial charge in [0.2, 0.25) is 0 Å². The number of hydrogen-bond acceptors (Lipinski definition) is 6. The first-order valence-corrected chi connectivity index (χ1v) is 12.6. The fraction of sp³-hybridized carbons (Fsp3) is 0. The van der Waals surface area contributed by atoms with E-state index in [9.17, 15) is 16.8 Å². The second-order valence-electron chi connectivity index (χ2n) is 7.46. The summed E-state index contributed by atoms with van der Waals surface area (Å²) >= 11 is 0. The van der Waals surface area contributed by atoms with Crippen LogP contribution in [-0.2, 0) is 38.2 Å². The molecular formula is C28H20Na2O4S2. The summed E-state index contributed by atoms with van der Waals surface area (Å²) in [7, 11) is -4.56. The van der Waals surface area contributed by atoms with Gasteiger partial charge in [0.25, 0.3) is 0 Å². The summed E-state index contributed by atoms with van der Waals surface area (Å²) in [6.07, 6.45) is 7.36. The Balaban J connectivity index is 0.00000228. The summed E-state index contributed by atoms with van der Waals surface area (Å²) in [5, 5.41) is 0. The van der Waals surface area contributed by atoms with Gasteiger partial charge in [-0.3, -0.25) is 0 Å². The van der Waals surface area contributed by atoms with Crippen molar-refractivity contribution in [3.63, 3.8) is 0 Å². The molecule has 0 N–H and O–H groups in total. The van der Waals surface area contributed by atoms with E-state index in [1.165, 1.54) is 0 Å². The molecule has 4 aromatic carbocycles. The Hall–Kier alpha value is -1.74. The van der Waals surface area contributed by atoms with Crippen molar-refractivity contribution in [2.45, 2.75) is 9.79 Å².